The Morgan fingerprint density at radius 2 is 1.79 bits per heavy atom. The van der Waals surface area contributed by atoms with Crippen LogP contribution in [0.1, 0.15) is 33.3 Å². The van der Waals surface area contributed by atoms with Crippen LogP contribution in [-0.2, 0) is 0 Å². The molecule has 1 aliphatic rings. The van der Waals surface area contributed by atoms with Gasteiger partial charge < -0.3 is 28.7 Å². The lowest BCUT2D eigenvalue weighted by atomic mass is 10.0. The molecule has 2 N–H and O–H groups in total. The van der Waals surface area contributed by atoms with Gasteiger partial charge in [0, 0.05) is 16.5 Å². The van der Waals surface area contributed by atoms with Crippen LogP contribution in [0.4, 0.5) is 0 Å². The molecule has 0 spiro atoms. The summed E-state index contributed by atoms with van der Waals surface area (Å²) in [5.74, 6) is 1.32. The van der Waals surface area contributed by atoms with Gasteiger partial charge in [0.25, 0.3) is 5.91 Å². The summed E-state index contributed by atoms with van der Waals surface area (Å²) >= 11 is 0. The van der Waals surface area contributed by atoms with Crippen LogP contribution in [0, 0.1) is 0 Å². The number of amides is 1. The first-order valence-electron chi connectivity index (χ1n) is 13.5. The van der Waals surface area contributed by atoms with Crippen molar-refractivity contribution in [3.05, 3.63) is 102 Å². The van der Waals surface area contributed by atoms with Gasteiger partial charge >= 0.3 is 5.97 Å². The lowest BCUT2D eigenvalue weighted by molar-refractivity contribution is 0.0729. The van der Waals surface area contributed by atoms with Crippen LogP contribution >= 0.6 is 0 Å². The second-order valence-corrected chi connectivity index (χ2v) is 9.45. The van der Waals surface area contributed by atoms with Gasteiger partial charge in [0.1, 0.15) is 11.4 Å². The third-order valence-electron chi connectivity index (χ3n) is 6.75. The van der Waals surface area contributed by atoms with E-state index in [1.54, 1.807) is 36.4 Å². The van der Waals surface area contributed by atoms with E-state index in [4.69, 9.17) is 23.7 Å². The first-order chi connectivity index (χ1) is 21.0. The Kier molecular flexibility index (Phi) is 7.64. The highest BCUT2D eigenvalue weighted by Gasteiger charge is 2.21. The van der Waals surface area contributed by atoms with Crippen molar-refractivity contribution in [2.75, 3.05) is 20.5 Å². The Balaban J connectivity index is 1.19. The van der Waals surface area contributed by atoms with Crippen molar-refractivity contribution >= 4 is 29.0 Å². The van der Waals surface area contributed by atoms with E-state index in [0.29, 0.717) is 40.7 Å². The number of hydrazone groups is 1. The Bertz CT molecular complexity index is 1850. The van der Waals surface area contributed by atoms with Crippen LogP contribution in [0.5, 0.6) is 28.7 Å². The van der Waals surface area contributed by atoms with Gasteiger partial charge in [-0.15, -0.1) is 0 Å². The molecule has 2 heterocycles. The molecule has 0 aliphatic carbocycles. The van der Waals surface area contributed by atoms with E-state index in [9.17, 15) is 9.59 Å². The maximum Gasteiger partial charge on any atom is 0.343 e. The molecular weight excluding hydrogens is 550 g/mol. The normalized spacial score (nSPS) is 12.0. The maximum absolute atomic E-state index is 13.3. The number of nitrogens with zero attached hydrogens (tertiary/aromatic N) is 1. The minimum absolute atomic E-state index is 0.108. The minimum atomic E-state index is -0.578. The average molecular weight is 578 g/mol. The number of benzene rings is 4. The molecule has 1 amide bonds. The zero-order valence-electron chi connectivity index (χ0n) is 23.4. The molecule has 0 fully saturated rings. The van der Waals surface area contributed by atoms with Gasteiger partial charge in [-0.05, 0) is 72.6 Å². The second-order valence-electron chi connectivity index (χ2n) is 9.45. The topological polar surface area (TPSA) is 120 Å². The van der Waals surface area contributed by atoms with Crippen LogP contribution in [0.2, 0.25) is 0 Å². The van der Waals surface area contributed by atoms with Crippen molar-refractivity contribution in [2.45, 2.75) is 6.92 Å². The van der Waals surface area contributed by atoms with Crippen molar-refractivity contribution < 1.29 is 33.3 Å². The number of rotatable bonds is 9. The van der Waals surface area contributed by atoms with Crippen molar-refractivity contribution in [1.82, 2.24) is 10.4 Å². The highest BCUT2D eigenvalue weighted by atomic mass is 16.7. The first-order valence-corrected chi connectivity index (χ1v) is 13.5. The molecular formula is C33H27N3O7. The summed E-state index contributed by atoms with van der Waals surface area (Å²) in [7, 11) is 1.47. The molecule has 6 rings (SSSR count). The summed E-state index contributed by atoms with van der Waals surface area (Å²) in [6, 6.07) is 25.1. The molecule has 43 heavy (non-hydrogen) atoms. The number of fused-ring (bicyclic) bond motifs is 2. The van der Waals surface area contributed by atoms with Crippen molar-refractivity contribution in [1.29, 1.82) is 0 Å². The minimum Gasteiger partial charge on any atom is -0.494 e. The van der Waals surface area contributed by atoms with Crippen LogP contribution in [-0.4, -0.2) is 43.6 Å². The Morgan fingerprint density at radius 1 is 0.953 bits per heavy atom. The molecule has 10 heteroatoms. The Hall–Kier alpha value is -5.77. The van der Waals surface area contributed by atoms with E-state index in [-0.39, 0.29) is 12.5 Å². The third kappa shape index (κ3) is 5.71. The van der Waals surface area contributed by atoms with E-state index in [1.165, 1.54) is 13.3 Å². The Labute approximate surface area is 246 Å². The van der Waals surface area contributed by atoms with Gasteiger partial charge in [0.2, 0.25) is 6.79 Å². The van der Waals surface area contributed by atoms with Gasteiger partial charge in [0.15, 0.2) is 23.0 Å². The highest BCUT2D eigenvalue weighted by molar-refractivity contribution is 6.10. The van der Waals surface area contributed by atoms with Crippen LogP contribution in [0.15, 0.2) is 90.0 Å². The quantitative estimate of drug-likeness (QED) is 0.0961. The summed E-state index contributed by atoms with van der Waals surface area (Å²) in [6.07, 6.45) is 1.47. The number of hydrogen-bond acceptors (Lipinski definition) is 8. The zero-order chi connectivity index (χ0) is 29.8. The summed E-state index contributed by atoms with van der Waals surface area (Å²) in [4.78, 5) is 29.3. The Morgan fingerprint density at radius 3 is 2.60 bits per heavy atom. The largest absolute Gasteiger partial charge is 0.494 e. The molecule has 1 aliphatic heterocycles. The molecule has 0 radical (unpaired) electrons. The monoisotopic (exact) mass is 577 g/mol. The van der Waals surface area contributed by atoms with Crippen LogP contribution in [0.3, 0.4) is 0 Å². The van der Waals surface area contributed by atoms with Gasteiger partial charge in [0.05, 0.1) is 25.5 Å². The first kappa shape index (κ1) is 27.4. The smallest absolute Gasteiger partial charge is 0.343 e. The molecule has 0 atom stereocenters. The van der Waals surface area contributed by atoms with Crippen LogP contribution in [0.25, 0.3) is 22.0 Å². The molecule has 0 bridgehead atoms. The highest BCUT2D eigenvalue weighted by Crippen LogP contribution is 2.35. The molecule has 1 aromatic heterocycles. The summed E-state index contributed by atoms with van der Waals surface area (Å²) in [6.45, 7) is 2.57. The fourth-order valence-electron chi connectivity index (χ4n) is 4.75. The summed E-state index contributed by atoms with van der Waals surface area (Å²) in [5.41, 5.74) is 6.32. The average Bonchev–Trinajstić information content (AvgIpc) is 3.66. The molecule has 216 valence electrons. The number of carbonyl (C=O) groups is 2. The number of nitrogens with one attached hydrogen (secondary N) is 2. The zero-order valence-corrected chi connectivity index (χ0v) is 23.4. The van der Waals surface area contributed by atoms with E-state index in [2.05, 4.69) is 15.5 Å². The molecule has 0 saturated heterocycles. The van der Waals surface area contributed by atoms with Crippen LogP contribution < -0.4 is 29.1 Å². The molecule has 0 saturated carbocycles. The lowest BCUT2D eigenvalue weighted by Gasteiger charge is -2.10. The number of esters is 1. The standard InChI is InChI=1S/C33H27N3O7/c1-3-40-23-11-12-25-24(17-23)30(21-7-5-4-6-8-21)31(35-25)32(37)36-34-18-20-9-13-27(28(15-20)39-2)43-33(38)22-10-14-26-29(16-22)42-19-41-26/h4-18,35H,3,19H2,1-2H3,(H,36,37). The second kappa shape index (κ2) is 12.0. The lowest BCUT2D eigenvalue weighted by Crippen LogP contribution is -2.18. The predicted molar refractivity (Wildman–Crippen MR) is 160 cm³/mol. The number of methoxy groups -OCH3 is 1. The molecule has 4 aromatic carbocycles. The fourth-order valence-corrected chi connectivity index (χ4v) is 4.75. The number of aromatic nitrogens is 1. The number of hydrogen-bond donors (Lipinski definition) is 2. The van der Waals surface area contributed by atoms with Crippen molar-refractivity contribution in [3.63, 3.8) is 0 Å². The van der Waals surface area contributed by atoms with E-state index in [1.807, 2.05) is 55.5 Å². The molecule has 10 nitrogen and oxygen atoms in total. The number of carbonyl (C=O) groups excluding carboxylic acids is 2. The van der Waals surface area contributed by atoms with E-state index < -0.39 is 11.9 Å². The number of ether oxygens (including phenoxy) is 5. The van der Waals surface area contributed by atoms with Crippen molar-refractivity contribution in [3.8, 4) is 39.9 Å². The summed E-state index contributed by atoms with van der Waals surface area (Å²) < 4.78 is 27.3. The fraction of sp³-hybridized carbons (Fsp3) is 0.121. The SMILES string of the molecule is CCOc1ccc2[nH]c(C(=O)NN=Cc3ccc(OC(=O)c4ccc5c(c4)OCO5)c(OC)c3)c(-c3ccccc3)c2c1. The van der Waals surface area contributed by atoms with E-state index in [0.717, 1.165) is 27.8 Å². The molecule has 0 unspecified atom stereocenters. The maximum atomic E-state index is 13.3. The third-order valence-corrected chi connectivity index (χ3v) is 6.75. The van der Waals surface area contributed by atoms with Gasteiger partial charge in [-0.1, -0.05) is 30.3 Å². The van der Waals surface area contributed by atoms with Gasteiger partial charge in [-0.25, -0.2) is 10.2 Å². The van der Waals surface area contributed by atoms with Gasteiger partial charge in [-0.3, -0.25) is 4.79 Å². The van der Waals surface area contributed by atoms with E-state index >= 15 is 0 Å². The molecule has 5 aromatic rings. The number of H-pyrrole nitrogens is 1. The summed E-state index contributed by atoms with van der Waals surface area (Å²) in [5, 5.41) is 5.02. The predicted octanol–water partition coefficient (Wildman–Crippen LogP) is 5.95. The van der Waals surface area contributed by atoms with Gasteiger partial charge in [-0.2, -0.15) is 5.10 Å². The van der Waals surface area contributed by atoms with Crippen molar-refractivity contribution in [2.24, 2.45) is 5.10 Å². The number of aromatic amines is 1.